The maximum absolute atomic E-state index is 6.51. The Morgan fingerprint density at radius 3 is 1.78 bits per heavy atom. The van der Waals surface area contributed by atoms with Crippen molar-refractivity contribution in [3.63, 3.8) is 0 Å². The van der Waals surface area contributed by atoms with E-state index in [2.05, 4.69) is 186 Å². The van der Waals surface area contributed by atoms with E-state index in [-0.39, 0.29) is 6.04 Å². The minimum atomic E-state index is -0.509. The first-order chi connectivity index (χ1) is 25.1. The Bertz CT molecular complexity index is 2410. The van der Waals surface area contributed by atoms with Crippen LogP contribution in [-0.2, 0) is 5.41 Å². The monoisotopic (exact) mass is 768 g/mol. The van der Waals surface area contributed by atoms with Gasteiger partial charge in [-0.15, -0.1) is 0 Å². The van der Waals surface area contributed by atoms with Crippen LogP contribution >= 0.6 is 22.6 Å². The second kappa shape index (κ2) is 12.9. The molecule has 51 heavy (non-hydrogen) atoms. The van der Waals surface area contributed by atoms with E-state index in [1.165, 1.54) is 27.8 Å². The lowest BCUT2D eigenvalue weighted by Gasteiger charge is -2.39. The first-order valence-electron chi connectivity index (χ1n) is 17.1. The molecule has 0 aromatic heterocycles. The van der Waals surface area contributed by atoms with Gasteiger partial charge in [0, 0.05) is 20.3 Å². The topological polar surface area (TPSA) is 33.6 Å². The number of rotatable bonds is 6. The summed E-state index contributed by atoms with van der Waals surface area (Å²) >= 11 is 2.33. The van der Waals surface area contributed by atoms with E-state index in [0.29, 0.717) is 0 Å². The van der Waals surface area contributed by atoms with Gasteiger partial charge in [-0.2, -0.15) is 0 Å². The fourth-order valence-electron chi connectivity index (χ4n) is 7.80. The number of hydrogen-bond donors (Lipinski definition) is 1. The van der Waals surface area contributed by atoms with Crippen molar-refractivity contribution in [2.75, 3.05) is 0 Å². The molecule has 1 unspecified atom stereocenters. The van der Waals surface area contributed by atoms with Gasteiger partial charge in [0.05, 0.1) is 17.1 Å². The van der Waals surface area contributed by atoms with Crippen molar-refractivity contribution < 1.29 is 4.74 Å². The van der Waals surface area contributed by atoms with Crippen LogP contribution in [0.5, 0.6) is 11.5 Å². The predicted molar refractivity (Wildman–Crippen MR) is 217 cm³/mol. The molecular weight excluding hydrogens is 735 g/mol. The molecule has 1 heterocycles. The van der Waals surface area contributed by atoms with E-state index < -0.39 is 5.41 Å². The van der Waals surface area contributed by atoms with Gasteiger partial charge in [0.25, 0.3) is 0 Å². The number of benzene rings is 7. The second-order valence-electron chi connectivity index (χ2n) is 13.0. The zero-order valence-corrected chi connectivity index (χ0v) is 29.9. The highest BCUT2D eigenvalue weighted by atomic mass is 127. The summed E-state index contributed by atoms with van der Waals surface area (Å²) < 4.78 is 7.49. The fraction of sp³-hybridized carbons (Fsp3) is 0.0426. The molecule has 1 atom stereocenters. The van der Waals surface area contributed by atoms with Crippen LogP contribution in [0.25, 0.3) is 22.3 Å². The first kappa shape index (κ1) is 31.3. The van der Waals surface area contributed by atoms with Crippen LogP contribution in [0.1, 0.15) is 39.4 Å². The quantitative estimate of drug-likeness (QED) is 0.104. The Hall–Kier alpha value is -5.72. The van der Waals surface area contributed by atoms with E-state index in [9.17, 15) is 0 Å². The summed E-state index contributed by atoms with van der Waals surface area (Å²) in [6.45, 7) is 4.36. The van der Waals surface area contributed by atoms with Crippen molar-refractivity contribution in [3.05, 3.63) is 219 Å². The molecule has 0 saturated heterocycles. The number of nitrogens with zero attached hydrogens (tertiary/aromatic N) is 1. The number of halogens is 1. The zero-order valence-electron chi connectivity index (χ0n) is 27.8. The van der Waals surface area contributed by atoms with Crippen LogP contribution in [-0.4, -0.2) is 5.84 Å². The lowest BCUT2D eigenvalue weighted by atomic mass is 9.66. The zero-order chi connectivity index (χ0) is 34.4. The lowest BCUT2D eigenvalue weighted by molar-refractivity contribution is 0.436. The van der Waals surface area contributed by atoms with Gasteiger partial charge in [0.2, 0.25) is 0 Å². The molecule has 0 amide bonds. The summed E-state index contributed by atoms with van der Waals surface area (Å²) in [5.74, 6) is 2.55. The van der Waals surface area contributed by atoms with E-state index in [1.807, 2.05) is 24.3 Å². The van der Waals surface area contributed by atoms with Gasteiger partial charge in [-0.1, -0.05) is 158 Å². The molecular formula is C47H33IN2O. The van der Waals surface area contributed by atoms with Crippen LogP contribution < -0.4 is 10.1 Å². The number of hydrogen-bond acceptors (Lipinski definition) is 2. The number of ether oxygens (including phenoxy) is 1. The van der Waals surface area contributed by atoms with Crippen molar-refractivity contribution in [1.82, 2.24) is 5.32 Å². The molecule has 7 aromatic rings. The van der Waals surface area contributed by atoms with Crippen LogP contribution in [0.15, 0.2) is 191 Å². The average molecular weight is 769 g/mol. The Labute approximate surface area is 312 Å². The maximum atomic E-state index is 6.51. The van der Waals surface area contributed by atoms with Gasteiger partial charge in [-0.25, -0.2) is 4.99 Å². The third-order valence-electron chi connectivity index (χ3n) is 10.1. The average Bonchev–Trinajstić information content (AvgIpc) is 3.47. The minimum Gasteiger partial charge on any atom is -0.457 e. The maximum Gasteiger partial charge on any atom is 0.134 e. The Balaban J connectivity index is 1.21. The molecule has 4 heteroatoms. The fourth-order valence-corrected chi connectivity index (χ4v) is 8.32. The summed E-state index contributed by atoms with van der Waals surface area (Å²) in [6.07, 6.45) is 0. The van der Waals surface area contributed by atoms with Gasteiger partial charge in [0.1, 0.15) is 17.3 Å². The van der Waals surface area contributed by atoms with E-state index in [0.717, 1.165) is 54.4 Å². The number of fused-ring (bicyclic) bond motifs is 9. The molecule has 244 valence electrons. The van der Waals surface area contributed by atoms with Crippen LogP contribution in [0.2, 0.25) is 0 Å². The van der Waals surface area contributed by atoms with E-state index in [4.69, 9.17) is 9.73 Å². The molecule has 1 N–H and O–H groups in total. The van der Waals surface area contributed by atoms with Crippen LogP contribution in [0.4, 0.5) is 5.69 Å². The standard InChI is InChI=1S/C47H33IN2O/c1-31(48)45(34-16-6-3-7-17-34)50-46(35-26-24-33(25-27-35)32-14-4-2-5-15-32)49-36-28-29-40-38(30-36)37-18-8-9-19-39(37)47(40)41-20-10-12-22-43(41)51-44-23-13-11-21-42(44)47/h2-30,45H,1H2,(H,49,50). The molecule has 1 spiro atoms. The molecule has 9 rings (SSSR count). The molecule has 0 radical (unpaired) electrons. The van der Waals surface area contributed by atoms with Crippen LogP contribution in [0, 0.1) is 0 Å². The molecule has 7 aromatic carbocycles. The van der Waals surface area contributed by atoms with Crippen LogP contribution in [0.3, 0.4) is 0 Å². The van der Waals surface area contributed by atoms with E-state index >= 15 is 0 Å². The molecule has 2 aliphatic rings. The van der Waals surface area contributed by atoms with Crippen molar-refractivity contribution in [2.45, 2.75) is 11.5 Å². The SMILES string of the molecule is C=C(I)C(N/C(=N\c1ccc2c(c1)-c1ccccc1C21c2ccccc2Oc2ccccc21)c1ccc(-c2ccccc2)cc1)c1ccccc1. The van der Waals surface area contributed by atoms with Crippen molar-refractivity contribution >= 4 is 34.1 Å². The van der Waals surface area contributed by atoms with Crippen molar-refractivity contribution in [3.8, 4) is 33.8 Å². The van der Waals surface area contributed by atoms with E-state index in [1.54, 1.807) is 0 Å². The van der Waals surface area contributed by atoms with Crippen molar-refractivity contribution in [2.24, 2.45) is 4.99 Å². The molecule has 3 nitrogen and oxygen atoms in total. The molecule has 1 aliphatic heterocycles. The van der Waals surface area contributed by atoms with Gasteiger partial charge in [-0.05, 0) is 85.8 Å². The highest BCUT2D eigenvalue weighted by Crippen LogP contribution is 2.62. The van der Waals surface area contributed by atoms with Gasteiger partial charge >= 0.3 is 0 Å². The number of para-hydroxylation sites is 2. The molecule has 0 fully saturated rings. The first-order valence-corrected chi connectivity index (χ1v) is 18.2. The highest BCUT2D eigenvalue weighted by molar-refractivity contribution is 14.1. The molecule has 1 aliphatic carbocycles. The summed E-state index contributed by atoms with van der Waals surface area (Å²) in [7, 11) is 0. The summed E-state index contributed by atoms with van der Waals surface area (Å²) in [5, 5.41) is 3.79. The predicted octanol–water partition coefficient (Wildman–Crippen LogP) is 12.2. The number of aliphatic imine (C=N–C) groups is 1. The minimum absolute atomic E-state index is 0.131. The third kappa shape index (κ3) is 5.29. The number of nitrogens with one attached hydrogen (secondary N) is 1. The molecule has 0 saturated carbocycles. The Kier molecular flexibility index (Phi) is 7.89. The molecule has 0 bridgehead atoms. The summed E-state index contributed by atoms with van der Waals surface area (Å²) in [6, 6.07) is 61.8. The van der Waals surface area contributed by atoms with Gasteiger partial charge in [-0.3, -0.25) is 0 Å². The third-order valence-corrected chi connectivity index (χ3v) is 10.7. The lowest BCUT2D eigenvalue weighted by Crippen LogP contribution is -2.32. The largest absolute Gasteiger partial charge is 0.457 e. The van der Waals surface area contributed by atoms with Crippen molar-refractivity contribution in [1.29, 1.82) is 0 Å². The highest BCUT2D eigenvalue weighted by Gasteiger charge is 2.50. The van der Waals surface area contributed by atoms with Gasteiger partial charge in [0.15, 0.2) is 0 Å². The Morgan fingerprint density at radius 1 is 0.569 bits per heavy atom. The normalized spacial score (nSPS) is 14.0. The smallest absolute Gasteiger partial charge is 0.134 e. The Morgan fingerprint density at radius 2 is 1.12 bits per heavy atom. The summed E-state index contributed by atoms with van der Waals surface area (Å²) in [4.78, 5) is 5.39. The van der Waals surface area contributed by atoms with Gasteiger partial charge < -0.3 is 10.1 Å². The second-order valence-corrected chi connectivity index (χ2v) is 14.3. The summed E-state index contributed by atoms with van der Waals surface area (Å²) in [5.41, 5.74) is 12.0. The number of amidine groups is 1.